The van der Waals surface area contributed by atoms with Gasteiger partial charge in [-0.15, -0.1) is 0 Å². The second kappa shape index (κ2) is 8.01. The standard InChI is InChI=1S/C20H23FN2O2/c21-18-9-1-2-10-19(18)22-20(25)23-13-4-3-7-16(23)12-11-15-6-5-8-17(24)14-15/h1-2,5-6,8-10,14,16,24H,3-4,7,11-13H2,(H,22,25). The smallest absolute Gasteiger partial charge is 0.322 e. The number of anilines is 1. The van der Waals surface area contributed by atoms with Gasteiger partial charge in [0.2, 0.25) is 0 Å². The van der Waals surface area contributed by atoms with E-state index in [9.17, 15) is 14.3 Å². The second-order valence-electron chi connectivity index (χ2n) is 6.46. The van der Waals surface area contributed by atoms with E-state index in [2.05, 4.69) is 5.32 Å². The highest BCUT2D eigenvalue weighted by Gasteiger charge is 2.26. The quantitative estimate of drug-likeness (QED) is 0.856. The number of hydrogen-bond donors (Lipinski definition) is 2. The average molecular weight is 342 g/mol. The Hall–Kier alpha value is -2.56. The summed E-state index contributed by atoms with van der Waals surface area (Å²) < 4.78 is 13.8. The van der Waals surface area contributed by atoms with E-state index in [-0.39, 0.29) is 23.5 Å². The first kappa shape index (κ1) is 17.3. The van der Waals surface area contributed by atoms with E-state index in [1.807, 2.05) is 17.0 Å². The summed E-state index contributed by atoms with van der Waals surface area (Å²) in [5.74, 6) is -0.167. The number of carbonyl (C=O) groups is 1. The molecule has 2 N–H and O–H groups in total. The molecule has 1 heterocycles. The molecule has 1 unspecified atom stereocenters. The number of hydrogen-bond acceptors (Lipinski definition) is 2. The molecule has 1 fully saturated rings. The van der Waals surface area contributed by atoms with Crippen LogP contribution in [0.2, 0.25) is 0 Å². The van der Waals surface area contributed by atoms with Gasteiger partial charge in [0.15, 0.2) is 0 Å². The fourth-order valence-electron chi connectivity index (χ4n) is 3.36. The minimum absolute atomic E-state index is 0.128. The van der Waals surface area contributed by atoms with Gasteiger partial charge in [-0.05, 0) is 61.9 Å². The molecule has 1 aliphatic rings. The minimum atomic E-state index is -0.427. The van der Waals surface area contributed by atoms with Gasteiger partial charge in [0.25, 0.3) is 0 Å². The molecule has 0 radical (unpaired) electrons. The molecule has 1 atom stereocenters. The number of nitrogens with zero attached hydrogens (tertiary/aromatic N) is 1. The largest absolute Gasteiger partial charge is 0.508 e. The van der Waals surface area contributed by atoms with Gasteiger partial charge < -0.3 is 15.3 Å². The lowest BCUT2D eigenvalue weighted by molar-refractivity contribution is 0.158. The Kier molecular flexibility index (Phi) is 5.53. The van der Waals surface area contributed by atoms with Gasteiger partial charge in [-0.3, -0.25) is 0 Å². The zero-order valence-corrected chi connectivity index (χ0v) is 14.1. The van der Waals surface area contributed by atoms with Crippen LogP contribution in [0.1, 0.15) is 31.2 Å². The third kappa shape index (κ3) is 4.50. The second-order valence-corrected chi connectivity index (χ2v) is 6.46. The van der Waals surface area contributed by atoms with Gasteiger partial charge in [0, 0.05) is 12.6 Å². The topological polar surface area (TPSA) is 52.6 Å². The van der Waals surface area contributed by atoms with Gasteiger partial charge in [-0.25, -0.2) is 9.18 Å². The summed E-state index contributed by atoms with van der Waals surface area (Å²) in [7, 11) is 0. The van der Waals surface area contributed by atoms with Gasteiger partial charge in [-0.1, -0.05) is 24.3 Å². The number of aromatic hydroxyl groups is 1. The molecule has 2 aromatic rings. The first-order chi connectivity index (χ1) is 12.1. The highest BCUT2D eigenvalue weighted by atomic mass is 19.1. The highest BCUT2D eigenvalue weighted by molar-refractivity contribution is 5.89. The van der Waals surface area contributed by atoms with E-state index >= 15 is 0 Å². The van der Waals surface area contributed by atoms with Crippen LogP contribution in [-0.2, 0) is 6.42 Å². The van der Waals surface area contributed by atoms with Crippen LogP contribution in [0, 0.1) is 5.82 Å². The minimum Gasteiger partial charge on any atom is -0.508 e. The maximum atomic E-state index is 13.8. The molecule has 0 aromatic heterocycles. The number of carbonyl (C=O) groups excluding carboxylic acids is 1. The zero-order valence-electron chi connectivity index (χ0n) is 14.1. The number of para-hydroxylation sites is 1. The molecule has 25 heavy (non-hydrogen) atoms. The van der Waals surface area contributed by atoms with E-state index in [1.165, 1.54) is 6.07 Å². The summed E-state index contributed by atoms with van der Waals surface area (Å²) in [5, 5.41) is 12.3. The summed E-state index contributed by atoms with van der Waals surface area (Å²) in [6, 6.07) is 13.3. The lowest BCUT2D eigenvalue weighted by Crippen LogP contribution is -2.46. The maximum absolute atomic E-state index is 13.8. The SMILES string of the molecule is O=C(Nc1ccccc1F)N1CCCCC1CCc1cccc(O)c1. The number of likely N-dealkylation sites (tertiary alicyclic amines) is 1. The summed E-state index contributed by atoms with van der Waals surface area (Å²) in [6.07, 6.45) is 4.63. The van der Waals surface area contributed by atoms with Crippen molar-refractivity contribution in [3.8, 4) is 5.75 Å². The average Bonchev–Trinajstić information content (AvgIpc) is 2.62. The Morgan fingerprint density at radius 2 is 2.04 bits per heavy atom. The van der Waals surface area contributed by atoms with Crippen molar-refractivity contribution in [2.45, 2.75) is 38.1 Å². The van der Waals surface area contributed by atoms with E-state index < -0.39 is 5.82 Å². The number of urea groups is 1. The summed E-state index contributed by atoms with van der Waals surface area (Å²) in [6.45, 7) is 0.686. The Balaban J connectivity index is 1.64. The third-order valence-corrected chi connectivity index (χ3v) is 4.68. The number of rotatable bonds is 4. The maximum Gasteiger partial charge on any atom is 0.322 e. The van der Waals surface area contributed by atoms with Crippen LogP contribution < -0.4 is 5.32 Å². The van der Waals surface area contributed by atoms with Crippen LogP contribution in [0.15, 0.2) is 48.5 Å². The van der Waals surface area contributed by atoms with Gasteiger partial charge in [-0.2, -0.15) is 0 Å². The van der Waals surface area contributed by atoms with Crippen molar-refractivity contribution in [3.63, 3.8) is 0 Å². The fourth-order valence-corrected chi connectivity index (χ4v) is 3.36. The number of nitrogens with one attached hydrogen (secondary N) is 1. The number of halogens is 1. The summed E-state index contributed by atoms with van der Waals surface area (Å²) >= 11 is 0. The van der Waals surface area contributed by atoms with Gasteiger partial charge in [0.05, 0.1) is 5.69 Å². The summed E-state index contributed by atoms with van der Waals surface area (Å²) in [5.41, 5.74) is 1.27. The highest BCUT2D eigenvalue weighted by Crippen LogP contribution is 2.24. The van der Waals surface area contributed by atoms with Crippen LogP contribution in [0.4, 0.5) is 14.9 Å². The predicted molar refractivity (Wildman–Crippen MR) is 96.2 cm³/mol. The number of aryl methyl sites for hydroxylation is 1. The van der Waals surface area contributed by atoms with Crippen LogP contribution in [0.3, 0.4) is 0 Å². The number of benzene rings is 2. The third-order valence-electron chi connectivity index (χ3n) is 4.68. The molecule has 2 aromatic carbocycles. The van der Waals surface area contributed by atoms with E-state index in [4.69, 9.17) is 0 Å². The first-order valence-corrected chi connectivity index (χ1v) is 8.73. The lowest BCUT2D eigenvalue weighted by Gasteiger charge is -2.36. The van der Waals surface area contributed by atoms with Crippen LogP contribution >= 0.6 is 0 Å². The van der Waals surface area contributed by atoms with E-state index in [0.717, 1.165) is 37.7 Å². The number of phenols is 1. The van der Waals surface area contributed by atoms with Crippen LogP contribution in [-0.4, -0.2) is 28.6 Å². The van der Waals surface area contributed by atoms with Crippen molar-refractivity contribution >= 4 is 11.7 Å². The molecule has 5 heteroatoms. The van der Waals surface area contributed by atoms with E-state index in [0.29, 0.717) is 6.54 Å². The first-order valence-electron chi connectivity index (χ1n) is 8.73. The van der Waals surface area contributed by atoms with E-state index in [1.54, 1.807) is 30.3 Å². The molecule has 0 spiro atoms. The molecule has 2 amide bonds. The van der Waals surface area contributed by atoms with Crippen molar-refractivity contribution in [3.05, 3.63) is 59.9 Å². The van der Waals surface area contributed by atoms with Crippen molar-refractivity contribution in [2.75, 3.05) is 11.9 Å². The van der Waals surface area contributed by atoms with Crippen LogP contribution in [0.25, 0.3) is 0 Å². The number of phenolic OH excluding ortho intramolecular Hbond substituents is 1. The molecular formula is C20H23FN2O2. The lowest BCUT2D eigenvalue weighted by atomic mass is 9.96. The van der Waals surface area contributed by atoms with Crippen molar-refractivity contribution in [2.24, 2.45) is 0 Å². The Bertz CT molecular complexity index is 735. The van der Waals surface area contributed by atoms with Crippen molar-refractivity contribution in [1.29, 1.82) is 0 Å². The molecule has 1 aliphatic heterocycles. The molecule has 132 valence electrons. The van der Waals surface area contributed by atoms with Crippen molar-refractivity contribution < 1.29 is 14.3 Å². The van der Waals surface area contributed by atoms with Gasteiger partial charge in [0.1, 0.15) is 11.6 Å². The molecule has 1 saturated heterocycles. The summed E-state index contributed by atoms with van der Waals surface area (Å²) in [4.78, 5) is 14.4. The fraction of sp³-hybridized carbons (Fsp3) is 0.350. The number of amides is 2. The van der Waals surface area contributed by atoms with Crippen molar-refractivity contribution in [1.82, 2.24) is 4.90 Å². The molecule has 0 bridgehead atoms. The Morgan fingerprint density at radius 3 is 2.84 bits per heavy atom. The molecule has 3 rings (SSSR count). The van der Waals surface area contributed by atoms with Crippen LogP contribution in [0.5, 0.6) is 5.75 Å². The number of piperidine rings is 1. The normalized spacial score (nSPS) is 17.3. The molecule has 0 saturated carbocycles. The monoisotopic (exact) mass is 342 g/mol. The predicted octanol–water partition coefficient (Wildman–Crippen LogP) is 4.55. The zero-order chi connectivity index (χ0) is 17.6. The Morgan fingerprint density at radius 1 is 1.20 bits per heavy atom. The molecular weight excluding hydrogens is 319 g/mol. The van der Waals surface area contributed by atoms with Gasteiger partial charge >= 0.3 is 6.03 Å². The molecule has 0 aliphatic carbocycles. The Labute approximate surface area is 147 Å². The molecule has 4 nitrogen and oxygen atoms in total.